The fourth-order valence-corrected chi connectivity index (χ4v) is 8.82. The van der Waals surface area contributed by atoms with Crippen molar-refractivity contribution in [1.29, 1.82) is 0 Å². The van der Waals surface area contributed by atoms with Crippen LogP contribution in [-0.2, 0) is 0 Å². The molecule has 0 spiro atoms. The summed E-state index contributed by atoms with van der Waals surface area (Å²) in [4.78, 5) is 6.26. The van der Waals surface area contributed by atoms with Crippen LogP contribution in [0.2, 0.25) is 17.3 Å². The number of hydrogen-bond donors (Lipinski definition) is 0. The van der Waals surface area contributed by atoms with Crippen molar-refractivity contribution in [2.24, 2.45) is 0 Å². The van der Waals surface area contributed by atoms with E-state index >= 15 is 0 Å². The Morgan fingerprint density at radius 2 is 1.36 bits per heavy atom. The number of rotatable bonds is 4. The summed E-state index contributed by atoms with van der Waals surface area (Å²) >= 11 is -0.0219. The van der Waals surface area contributed by atoms with Gasteiger partial charge in [-0.15, -0.1) is 0 Å². The Morgan fingerprint density at radius 3 is 2.06 bits per heavy atom. The molecule has 1 nitrogen and oxygen atoms in total. The second-order valence-electron chi connectivity index (χ2n) is 10.5. The minimum atomic E-state index is -1.92. The molecule has 0 bridgehead atoms. The fourth-order valence-electron chi connectivity index (χ4n) is 5.03. The first kappa shape index (κ1) is 23.2. The third kappa shape index (κ3) is 4.09. The number of fused-ring (bicyclic) bond motifs is 2. The Morgan fingerprint density at radius 1 is 0.667 bits per heavy atom. The van der Waals surface area contributed by atoms with Gasteiger partial charge in [0.25, 0.3) is 0 Å². The molecule has 0 aliphatic carbocycles. The Kier molecular flexibility index (Phi) is 5.82. The number of aromatic nitrogens is 1. The van der Waals surface area contributed by atoms with Crippen LogP contribution in [0.15, 0.2) is 103 Å². The van der Waals surface area contributed by atoms with E-state index in [9.17, 15) is 0 Å². The molecule has 6 aromatic rings. The predicted octanol–water partition coefficient (Wildman–Crippen LogP) is 9.30. The van der Waals surface area contributed by atoms with Gasteiger partial charge in [0.1, 0.15) is 0 Å². The topological polar surface area (TPSA) is 12.9 Å². The summed E-state index contributed by atoms with van der Waals surface area (Å²) in [7, 11) is 0. The van der Waals surface area contributed by atoms with Crippen LogP contribution >= 0.6 is 11.3 Å². The van der Waals surface area contributed by atoms with E-state index in [1.165, 1.54) is 57.9 Å². The van der Waals surface area contributed by atoms with Gasteiger partial charge in [-0.2, -0.15) is 0 Å². The Labute approximate surface area is 219 Å². The zero-order valence-electron chi connectivity index (χ0n) is 21.2. The van der Waals surface area contributed by atoms with E-state index in [4.69, 9.17) is 4.98 Å². The van der Waals surface area contributed by atoms with Crippen LogP contribution in [0.4, 0.5) is 0 Å². The standard InChI is InChI=1S/C33H29GeNS/c1-22-29-20-26(31-28-16-15-27(34(2,3)4)19-25(28)17-18-35-31)21-30(23-11-7-5-8-12-23)33(29)36-32(22)24-13-9-6-10-14-24/h5-21H,1-4H3. The number of aryl methyl sites for hydroxylation is 1. The number of pyridine rings is 1. The molecule has 6 rings (SSSR count). The monoisotopic (exact) mass is 545 g/mol. The molecule has 4 aromatic carbocycles. The third-order valence-corrected chi connectivity index (χ3v) is 12.7. The maximum atomic E-state index is 4.92. The van der Waals surface area contributed by atoms with E-state index in [0.29, 0.717) is 0 Å². The van der Waals surface area contributed by atoms with Gasteiger partial charge in [-0.25, -0.2) is 0 Å². The predicted molar refractivity (Wildman–Crippen MR) is 161 cm³/mol. The molecule has 3 heteroatoms. The normalized spacial score (nSPS) is 11.9. The van der Waals surface area contributed by atoms with Crippen molar-refractivity contribution in [3.8, 4) is 32.8 Å². The SMILES string of the molecule is Cc1c(-c2ccccc2)sc2c(-c3ccccc3)cc(-c3nccc4c[c]([Ge]([CH3])([CH3])[CH3])ccc34)cc12. The fraction of sp³-hybridized carbons (Fsp3) is 0.121. The van der Waals surface area contributed by atoms with E-state index in [0.717, 1.165) is 5.69 Å². The number of hydrogen-bond acceptors (Lipinski definition) is 2. The number of nitrogens with zero attached hydrogens (tertiary/aromatic N) is 1. The van der Waals surface area contributed by atoms with E-state index in [1.807, 2.05) is 17.5 Å². The first-order valence-electron chi connectivity index (χ1n) is 12.5. The van der Waals surface area contributed by atoms with Gasteiger partial charge in [0.2, 0.25) is 0 Å². The van der Waals surface area contributed by atoms with Crippen molar-refractivity contribution < 1.29 is 0 Å². The van der Waals surface area contributed by atoms with Gasteiger partial charge in [-0.3, -0.25) is 0 Å². The van der Waals surface area contributed by atoms with Crippen LogP contribution in [0.1, 0.15) is 5.56 Å². The molecule has 0 radical (unpaired) electrons. The second-order valence-corrected chi connectivity index (χ2v) is 22.2. The van der Waals surface area contributed by atoms with Gasteiger partial charge in [0.05, 0.1) is 0 Å². The molecule has 0 aliphatic rings. The molecule has 0 amide bonds. The summed E-state index contributed by atoms with van der Waals surface area (Å²) in [6.07, 6.45) is 1.97. The molecular weight excluding hydrogens is 515 g/mol. The van der Waals surface area contributed by atoms with Crippen molar-refractivity contribution in [2.75, 3.05) is 0 Å². The molecule has 0 atom stereocenters. The molecule has 2 aromatic heterocycles. The molecule has 0 saturated heterocycles. The Bertz CT molecular complexity index is 1710. The summed E-state index contributed by atoms with van der Waals surface area (Å²) in [5.41, 5.74) is 7.37. The maximum absolute atomic E-state index is 4.92. The van der Waals surface area contributed by atoms with Crippen molar-refractivity contribution in [3.05, 3.63) is 109 Å². The van der Waals surface area contributed by atoms with Crippen LogP contribution in [0.5, 0.6) is 0 Å². The van der Waals surface area contributed by atoms with Gasteiger partial charge >= 0.3 is 202 Å². The molecule has 0 unspecified atom stereocenters. The van der Waals surface area contributed by atoms with Crippen LogP contribution in [-0.4, -0.2) is 18.3 Å². The third-order valence-electron chi connectivity index (χ3n) is 7.06. The summed E-state index contributed by atoms with van der Waals surface area (Å²) in [5.74, 6) is 7.35. The molecule has 176 valence electrons. The zero-order valence-corrected chi connectivity index (χ0v) is 24.1. The van der Waals surface area contributed by atoms with Crippen LogP contribution in [0, 0.1) is 6.92 Å². The Hall–Kier alpha value is -3.21. The average Bonchev–Trinajstić information content (AvgIpc) is 3.24. The Balaban J connectivity index is 1.63. The zero-order chi connectivity index (χ0) is 24.9. The van der Waals surface area contributed by atoms with Gasteiger partial charge in [0.15, 0.2) is 0 Å². The number of thiophene rings is 1. The van der Waals surface area contributed by atoms with E-state index in [-0.39, 0.29) is 0 Å². The number of benzene rings is 4. The molecular formula is C33H29GeNS. The van der Waals surface area contributed by atoms with Crippen LogP contribution < -0.4 is 4.40 Å². The average molecular weight is 544 g/mol. The summed E-state index contributed by atoms with van der Waals surface area (Å²) in [6.45, 7) is 2.26. The summed E-state index contributed by atoms with van der Waals surface area (Å²) < 4.78 is 2.87. The van der Waals surface area contributed by atoms with Gasteiger partial charge in [-0.05, 0) is 0 Å². The van der Waals surface area contributed by atoms with Gasteiger partial charge in [0, 0.05) is 0 Å². The quantitative estimate of drug-likeness (QED) is 0.202. The van der Waals surface area contributed by atoms with Crippen LogP contribution in [0.25, 0.3) is 53.7 Å². The minimum absolute atomic E-state index is 1.06. The van der Waals surface area contributed by atoms with E-state index in [1.54, 1.807) is 0 Å². The van der Waals surface area contributed by atoms with E-state index < -0.39 is 13.3 Å². The summed E-state index contributed by atoms with van der Waals surface area (Å²) in [6, 6.07) is 35.4. The van der Waals surface area contributed by atoms with E-state index in [2.05, 4.69) is 121 Å². The van der Waals surface area contributed by atoms with Crippen molar-refractivity contribution in [1.82, 2.24) is 4.98 Å². The molecule has 0 saturated carbocycles. The van der Waals surface area contributed by atoms with Gasteiger partial charge < -0.3 is 0 Å². The summed E-state index contributed by atoms with van der Waals surface area (Å²) in [5, 5.41) is 3.82. The van der Waals surface area contributed by atoms with Crippen LogP contribution in [0.3, 0.4) is 0 Å². The molecule has 36 heavy (non-hydrogen) atoms. The molecule has 0 fully saturated rings. The van der Waals surface area contributed by atoms with Gasteiger partial charge in [-0.1, -0.05) is 18.2 Å². The molecule has 0 N–H and O–H groups in total. The first-order valence-corrected chi connectivity index (χ1v) is 20.6. The second kappa shape index (κ2) is 9.03. The van der Waals surface area contributed by atoms with Crippen molar-refractivity contribution in [2.45, 2.75) is 24.2 Å². The van der Waals surface area contributed by atoms with Crippen molar-refractivity contribution in [3.63, 3.8) is 0 Å². The van der Waals surface area contributed by atoms with Crippen molar-refractivity contribution >= 4 is 49.9 Å². The molecule has 2 heterocycles. The first-order chi connectivity index (χ1) is 17.4. The molecule has 0 aliphatic heterocycles.